The standard InChI is InChI=1S/C10H7BrCl2O3/c1-2-16-10(15)9(14)5-3-4-6(11)8(13)7(5)12/h3-4H,2H2,1H3. The van der Waals surface area contributed by atoms with E-state index in [2.05, 4.69) is 20.7 Å². The molecule has 1 rings (SSSR count). The Morgan fingerprint density at radius 1 is 1.31 bits per heavy atom. The summed E-state index contributed by atoms with van der Waals surface area (Å²) >= 11 is 14.8. The van der Waals surface area contributed by atoms with Crippen molar-refractivity contribution in [2.75, 3.05) is 6.61 Å². The van der Waals surface area contributed by atoms with Gasteiger partial charge in [0.2, 0.25) is 0 Å². The molecule has 0 bridgehead atoms. The van der Waals surface area contributed by atoms with E-state index in [1.165, 1.54) is 6.07 Å². The SMILES string of the molecule is CCOC(=O)C(=O)c1ccc(Br)c(Cl)c1Cl. The van der Waals surface area contributed by atoms with Crippen molar-refractivity contribution >= 4 is 50.9 Å². The fraction of sp³-hybridized carbons (Fsp3) is 0.200. The predicted molar refractivity (Wildman–Crippen MR) is 65.1 cm³/mol. The molecule has 1 aromatic rings. The Hall–Kier alpha value is -0.580. The number of Topliss-reactive ketones (excluding diaryl/α,β-unsaturated/α-hetero) is 1. The Morgan fingerprint density at radius 3 is 2.50 bits per heavy atom. The molecule has 1 aromatic carbocycles. The summed E-state index contributed by atoms with van der Waals surface area (Å²) < 4.78 is 5.14. The first-order chi connectivity index (χ1) is 7.49. The highest BCUT2D eigenvalue weighted by Crippen LogP contribution is 2.33. The van der Waals surface area contributed by atoms with Crippen molar-refractivity contribution in [3.8, 4) is 0 Å². The number of esters is 1. The van der Waals surface area contributed by atoms with Crippen LogP contribution in [0.25, 0.3) is 0 Å². The number of benzene rings is 1. The van der Waals surface area contributed by atoms with Crippen LogP contribution in [0.3, 0.4) is 0 Å². The molecular weight excluding hydrogens is 319 g/mol. The van der Waals surface area contributed by atoms with Gasteiger partial charge in [-0.3, -0.25) is 4.79 Å². The number of ketones is 1. The summed E-state index contributed by atoms with van der Waals surface area (Å²) in [6, 6.07) is 2.96. The maximum Gasteiger partial charge on any atom is 0.379 e. The molecule has 0 saturated carbocycles. The third kappa shape index (κ3) is 2.75. The molecule has 0 fully saturated rings. The summed E-state index contributed by atoms with van der Waals surface area (Å²) in [6.07, 6.45) is 0. The van der Waals surface area contributed by atoms with E-state index in [9.17, 15) is 9.59 Å². The van der Waals surface area contributed by atoms with Crippen molar-refractivity contribution in [3.63, 3.8) is 0 Å². The third-order valence-electron chi connectivity index (χ3n) is 1.74. The van der Waals surface area contributed by atoms with E-state index >= 15 is 0 Å². The predicted octanol–water partition coefficient (Wildman–Crippen LogP) is 3.50. The van der Waals surface area contributed by atoms with Crippen LogP contribution in [0.2, 0.25) is 10.0 Å². The second kappa shape index (κ2) is 5.66. The summed E-state index contributed by atoms with van der Waals surface area (Å²) in [4.78, 5) is 22.8. The van der Waals surface area contributed by atoms with Crippen LogP contribution in [0.4, 0.5) is 0 Å². The van der Waals surface area contributed by atoms with Crippen molar-refractivity contribution in [2.45, 2.75) is 6.92 Å². The van der Waals surface area contributed by atoms with Gasteiger partial charge in [-0.2, -0.15) is 0 Å². The molecule has 6 heteroatoms. The number of ether oxygens (including phenoxy) is 1. The van der Waals surface area contributed by atoms with E-state index in [0.717, 1.165) is 0 Å². The monoisotopic (exact) mass is 324 g/mol. The van der Waals surface area contributed by atoms with Crippen LogP contribution < -0.4 is 0 Å². The Bertz CT molecular complexity index is 446. The minimum absolute atomic E-state index is 0.0355. The van der Waals surface area contributed by atoms with E-state index < -0.39 is 11.8 Å². The lowest BCUT2D eigenvalue weighted by molar-refractivity contribution is -0.137. The fourth-order valence-corrected chi connectivity index (χ4v) is 1.87. The molecule has 0 aliphatic rings. The van der Waals surface area contributed by atoms with Crippen LogP contribution >= 0.6 is 39.1 Å². The molecular formula is C10H7BrCl2O3. The molecule has 0 aromatic heterocycles. The summed E-state index contributed by atoms with van der Waals surface area (Å²) in [5.41, 5.74) is 0.0355. The summed E-state index contributed by atoms with van der Waals surface area (Å²) in [5.74, 6) is -1.75. The molecule has 86 valence electrons. The van der Waals surface area contributed by atoms with Crippen molar-refractivity contribution in [1.29, 1.82) is 0 Å². The largest absolute Gasteiger partial charge is 0.460 e. The van der Waals surface area contributed by atoms with Crippen LogP contribution in [-0.2, 0) is 9.53 Å². The zero-order valence-corrected chi connectivity index (χ0v) is 11.3. The van der Waals surface area contributed by atoms with Crippen LogP contribution in [0.15, 0.2) is 16.6 Å². The highest BCUT2D eigenvalue weighted by Gasteiger charge is 2.22. The van der Waals surface area contributed by atoms with Gasteiger partial charge in [-0.1, -0.05) is 23.2 Å². The number of halogens is 3. The molecule has 0 amide bonds. The molecule has 3 nitrogen and oxygen atoms in total. The van der Waals surface area contributed by atoms with Crippen molar-refractivity contribution < 1.29 is 14.3 Å². The first kappa shape index (κ1) is 13.5. The van der Waals surface area contributed by atoms with Crippen molar-refractivity contribution in [1.82, 2.24) is 0 Å². The lowest BCUT2D eigenvalue weighted by Crippen LogP contribution is -2.17. The number of carbonyl (C=O) groups is 2. The summed E-state index contributed by atoms with van der Waals surface area (Å²) in [5, 5.41) is 0.228. The van der Waals surface area contributed by atoms with Gasteiger partial charge < -0.3 is 4.74 Å². The van der Waals surface area contributed by atoms with E-state index in [4.69, 9.17) is 23.2 Å². The van der Waals surface area contributed by atoms with Gasteiger partial charge in [0.25, 0.3) is 5.78 Å². The first-order valence-corrected chi connectivity index (χ1v) is 5.88. The third-order valence-corrected chi connectivity index (χ3v) is 3.51. The van der Waals surface area contributed by atoms with E-state index in [1.807, 2.05) is 0 Å². The Morgan fingerprint density at radius 2 is 1.94 bits per heavy atom. The smallest absolute Gasteiger partial charge is 0.379 e. The average molecular weight is 326 g/mol. The normalized spacial score (nSPS) is 10.0. The first-order valence-electron chi connectivity index (χ1n) is 4.34. The van der Waals surface area contributed by atoms with Gasteiger partial charge in [-0.05, 0) is 35.0 Å². The van der Waals surface area contributed by atoms with Gasteiger partial charge >= 0.3 is 5.97 Å². The zero-order valence-electron chi connectivity index (χ0n) is 8.22. The average Bonchev–Trinajstić information content (AvgIpc) is 2.26. The number of hydrogen-bond acceptors (Lipinski definition) is 3. The molecule has 0 N–H and O–H groups in total. The van der Waals surface area contributed by atoms with E-state index in [0.29, 0.717) is 4.47 Å². The molecule has 0 aliphatic heterocycles. The molecule has 0 heterocycles. The Balaban J connectivity index is 3.10. The van der Waals surface area contributed by atoms with E-state index in [1.54, 1.807) is 13.0 Å². The van der Waals surface area contributed by atoms with Gasteiger partial charge in [0.05, 0.1) is 16.7 Å². The second-order valence-corrected chi connectivity index (χ2v) is 4.38. The maximum absolute atomic E-state index is 11.6. The summed E-state index contributed by atoms with van der Waals surface area (Å²) in [6.45, 7) is 1.74. The van der Waals surface area contributed by atoms with Gasteiger partial charge in [0, 0.05) is 10.0 Å². The molecule has 0 radical (unpaired) electrons. The van der Waals surface area contributed by atoms with Crippen LogP contribution in [0.1, 0.15) is 17.3 Å². The molecule has 0 spiro atoms. The van der Waals surface area contributed by atoms with Gasteiger partial charge in [-0.25, -0.2) is 4.79 Å². The Labute approximate surface area is 111 Å². The number of carbonyl (C=O) groups excluding carboxylic acids is 2. The minimum Gasteiger partial charge on any atom is -0.460 e. The van der Waals surface area contributed by atoms with E-state index in [-0.39, 0.29) is 22.2 Å². The number of hydrogen-bond donors (Lipinski definition) is 0. The minimum atomic E-state index is -0.942. The summed E-state index contributed by atoms with van der Waals surface area (Å²) in [7, 11) is 0. The Kier molecular flexibility index (Phi) is 4.77. The maximum atomic E-state index is 11.6. The zero-order chi connectivity index (χ0) is 12.3. The molecule has 0 aliphatic carbocycles. The van der Waals surface area contributed by atoms with Gasteiger partial charge in [0.15, 0.2) is 0 Å². The number of rotatable bonds is 3. The topological polar surface area (TPSA) is 43.4 Å². The molecule has 0 saturated heterocycles. The molecule has 0 unspecified atom stereocenters. The molecule has 0 atom stereocenters. The van der Waals surface area contributed by atoms with Crippen molar-refractivity contribution in [2.24, 2.45) is 0 Å². The lowest BCUT2D eigenvalue weighted by atomic mass is 10.1. The van der Waals surface area contributed by atoms with Gasteiger partial charge in [0.1, 0.15) is 0 Å². The quantitative estimate of drug-likeness (QED) is 0.370. The second-order valence-electron chi connectivity index (χ2n) is 2.77. The van der Waals surface area contributed by atoms with Crippen LogP contribution in [-0.4, -0.2) is 18.4 Å². The molecule has 16 heavy (non-hydrogen) atoms. The highest BCUT2D eigenvalue weighted by molar-refractivity contribution is 9.10. The van der Waals surface area contributed by atoms with Crippen LogP contribution in [0.5, 0.6) is 0 Å². The van der Waals surface area contributed by atoms with Crippen LogP contribution in [0, 0.1) is 0 Å². The lowest BCUT2D eigenvalue weighted by Gasteiger charge is -2.05. The van der Waals surface area contributed by atoms with Gasteiger partial charge in [-0.15, -0.1) is 0 Å². The van der Waals surface area contributed by atoms with Crippen molar-refractivity contribution in [3.05, 3.63) is 32.2 Å². The highest BCUT2D eigenvalue weighted by atomic mass is 79.9. The fourth-order valence-electron chi connectivity index (χ4n) is 1.01.